The van der Waals surface area contributed by atoms with E-state index < -0.39 is 9.84 Å². The number of ether oxygens (including phenoxy) is 1. The van der Waals surface area contributed by atoms with E-state index in [-0.39, 0.29) is 35.5 Å². The molecule has 2 N–H and O–H groups in total. The summed E-state index contributed by atoms with van der Waals surface area (Å²) in [5.41, 5.74) is 0.829. The van der Waals surface area contributed by atoms with Crippen molar-refractivity contribution in [1.29, 1.82) is 0 Å². The SMILES string of the molecule is CN=C(NCCCS(=O)(=O)Cc1ccccc1)NCCOCCC(C)C.I. The van der Waals surface area contributed by atoms with E-state index >= 15 is 0 Å². The summed E-state index contributed by atoms with van der Waals surface area (Å²) < 4.78 is 29.8. The van der Waals surface area contributed by atoms with Gasteiger partial charge in [-0.3, -0.25) is 4.99 Å². The molecule has 0 saturated carbocycles. The molecule has 0 radical (unpaired) electrons. The second-order valence-electron chi connectivity index (χ2n) is 6.65. The number of guanidine groups is 1. The lowest BCUT2D eigenvalue weighted by Gasteiger charge is -2.12. The summed E-state index contributed by atoms with van der Waals surface area (Å²) in [4.78, 5) is 4.13. The van der Waals surface area contributed by atoms with Crippen molar-refractivity contribution < 1.29 is 13.2 Å². The second kappa shape index (κ2) is 15.1. The first-order valence-corrected chi connectivity index (χ1v) is 11.0. The van der Waals surface area contributed by atoms with Gasteiger partial charge < -0.3 is 15.4 Å². The summed E-state index contributed by atoms with van der Waals surface area (Å²) in [5.74, 6) is 1.56. The minimum Gasteiger partial charge on any atom is -0.380 e. The van der Waals surface area contributed by atoms with E-state index in [0.29, 0.717) is 38.0 Å². The predicted molar refractivity (Wildman–Crippen MR) is 124 cm³/mol. The van der Waals surface area contributed by atoms with E-state index in [0.717, 1.165) is 18.6 Å². The molecule has 1 aromatic rings. The van der Waals surface area contributed by atoms with E-state index in [1.54, 1.807) is 7.05 Å². The van der Waals surface area contributed by atoms with Gasteiger partial charge in [-0.25, -0.2) is 8.42 Å². The van der Waals surface area contributed by atoms with Gasteiger partial charge in [-0.15, -0.1) is 24.0 Å². The molecule has 0 aliphatic rings. The van der Waals surface area contributed by atoms with Crippen molar-refractivity contribution in [3.63, 3.8) is 0 Å². The Morgan fingerprint density at radius 3 is 2.41 bits per heavy atom. The molecule has 0 spiro atoms. The van der Waals surface area contributed by atoms with Crippen LogP contribution in [0.4, 0.5) is 0 Å². The second-order valence-corrected chi connectivity index (χ2v) is 8.84. The molecule has 156 valence electrons. The molecule has 0 fully saturated rings. The quantitative estimate of drug-likeness (QED) is 0.195. The van der Waals surface area contributed by atoms with Crippen LogP contribution in [0.3, 0.4) is 0 Å². The monoisotopic (exact) mass is 511 g/mol. The molecule has 0 amide bonds. The third-order valence-corrected chi connectivity index (χ3v) is 5.44. The minimum absolute atomic E-state index is 0. The third kappa shape index (κ3) is 13.9. The Kier molecular flexibility index (Phi) is 14.6. The van der Waals surface area contributed by atoms with Crippen molar-refractivity contribution in [1.82, 2.24) is 10.6 Å². The third-order valence-electron chi connectivity index (χ3n) is 3.76. The molecule has 8 heteroatoms. The highest BCUT2D eigenvalue weighted by Gasteiger charge is 2.11. The van der Waals surface area contributed by atoms with Crippen LogP contribution in [0.15, 0.2) is 35.3 Å². The van der Waals surface area contributed by atoms with E-state index in [1.165, 1.54) is 0 Å². The highest BCUT2D eigenvalue weighted by Crippen LogP contribution is 2.06. The van der Waals surface area contributed by atoms with Crippen molar-refractivity contribution in [2.45, 2.75) is 32.4 Å². The molecule has 1 rings (SSSR count). The van der Waals surface area contributed by atoms with Gasteiger partial charge in [-0.05, 0) is 24.3 Å². The molecule has 0 saturated heterocycles. The van der Waals surface area contributed by atoms with Gasteiger partial charge in [0.1, 0.15) is 0 Å². The predicted octanol–water partition coefficient (Wildman–Crippen LogP) is 2.84. The topological polar surface area (TPSA) is 79.8 Å². The standard InChI is InChI=1S/C19H33N3O3S.HI/c1-17(2)10-13-25-14-12-22-19(20-3)21-11-7-15-26(23,24)16-18-8-5-4-6-9-18;/h4-6,8-9,17H,7,10-16H2,1-3H3,(H2,20,21,22);1H. The van der Waals surface area contributed by atoms with Gasteiger partial charge in [0.05, 0.1) is 18.1 Å². The van der Waals surface area contributed by atoms with Gasteiger partial charge in [0.15, 0.2) is 15.8 Å². The first kappa shape index (κ1) is 26.1. The zero-order valence-corrected chi connectivity index (χ0v) is 19.8. The average molecular weight is 511 g/mol. The maximum absolute atomic E-state index is 12.1. The Morgan fingerprint density at radius 2 is 1.78 bits per heavy atom. The number of hydrogen-bond acceptors (Lipinski definition) is 4. The van der Waals surface area contributed by atoms with Crippen LogP contribution in [0, 0.1) is 5.92 Å². The van der Waals surface area contributed by atoms with Crippen LogP contribution >= 0.6 is 24.0 Å². The lowest BCUT2D eigenvalue weighted by molar-refractivity contribution is 0.128. The van der Waals surface area contributed by atoms with Crippen molar-refractivity contribution in [3.05, 3.63) is 35.9 Å². The van der Waals surface area contributed by atoms with E-state index in [2.05, 4.69) is 29.5 Å². The lowest BCUT2D eigenvalue weighted by Crippen LogP contribution is -2.39. The van der Waals surface area contributed by atoms with Crippen LogP contribution in [-0.2, 0) is 20.3 Å². The molecule has 0 atom stereocenters. The molecular weight excluding hydrogens is 477 g/mol. The first-order valence-electron chi connectivity index (χ1n) is 9.19. The Hall–Kier alpha value is -0.870. The number of nitrogens with one attached hydrogen (secondary N) is 2. The van der Waals surface area contributed by atoms with Crippen LogP contribution in [0.2, 0.25) is 0 Å². The lowest BCUT2D eigenvalue weighted by atomic mass is 10.1. The Morgan fingerprint density at radius 1 is 1.11 bits per heavy atom. The van der Waals surface area contributed by atoms with Crippen molar-refractivity contribution >= 4 is 39.8 Å². The number of halogens is 1. The van der Waals surface area contributed by atoms with Crippen LogP contribution in [0.25, 0.3) is 0 Å². The molecular formula is C19H34IN3O3S. The van der Waals surface area contributed by atoms with Crippen molar-refractivity contribution in [2.24, 2.45) is 10.9 Å². The summed E-state index contributed by atoms with van der Waals surface area (Å²) in [7, 11) is -1.40. The van der Waals surface area contributed by atoms with E-state index in [4.69, 9.17) is 4.74 Å². The molecule has 1 aromatic carbocycles. The number of hydrogen-bond donors (Lipinski definition) is 2. The molecule has 0 aliphatic carbocycles. The van der Waals surface area contributed by atoms with Gasteiger partial charge in [0.25, 0.3) is 0 Å². The zero-order valence-electron chi connectivity index (χ0n) is 16.6. The summed E-state index contributed by atoms with van der Waals surface area (Å²) in [6.07, 6.45) is 1.60. The number of benzene rings is 1. The highest BCUT2D eigenvalue weighted by atomic mass is 127. The smallest absolute Gasteiger partial charge is 0.191 e. The normalized spacial score (nSPS) is 11.9. The summed E-state index contributed by atoms with van der Waals surface area (Å²) in [5, 5.41) is 6.29. The van der Waals surface area contributed by atoms with Crippen molar-refractivity contribution in [2.75, 3.05) is 39.1 Å². The van der Waals surface area contributed by atoms with Crippen LogP contribution < -0.4 is 10.6 Å². The fraction of sp³-hybridized carbons (Fsp3) is 0.632. The fourth-order valence-corrected chi connectivity index (χ4v) is 3.71. The summed E-state index contributed by atoms with van der Waals surface area (Å²) >= 11 is 0. The molecule has 27 heavy (non-hydrogen) atoms. The summed E-state index contributed by atoms with van der Waals surface area (Å²) in [6.45, 7) is 6.97. The van der Waals surface area contributed by atoms with Crippen LogP contribution in [0.5, 0.6) is 0 Å². The molecule has 0 heterocycles. The average Bonchev–Trinajstić information content (AvgIpc) is 2.59. The highest BCUT2D eigenvalue weighted by molar-refractivity contribution is 14.0. The number of rotatable bonds is 12. The Bertz CT molecular complexity index is 622. The zero-order chi connectivity index (χ0) is 19.3. The minimum atomic E-state index is -3.09. The summed E-state index contributed by atoms with van der Waals surface area (Å²) in [6, 6.07) is 9.27. The van der Waals surface area contributed by atoms with E-state index in [9.17, 15) is 8.42 Å². The van der Waals surface area contributed by atoms with Crippen molar-refractivity contribution in [3.8, 4) is 0 Å². The van der Waals surface area contributed by atoms with Gasteiger partial charge in [-0.1, -0.05) is 44.2 Å². The Balaban J connectivity index is 0.00000676. The van der Waals surface area contributed by atoms with Crippen LogP contribution in [-0.4, -0.2) is 53.5 Å². The number of nitrogens with zero attached hydrogens (tertiary/aromatic N) is 1. The molecule has 0 unspecified atom stereocenters. The van der Waals surface area contributed by atoms with Crippen LogP contribution in [0.1, 0.15) is 32.3 Å². The van der Waals surface area contributed by atoms with Gasteiger partial charge in [-0.2, -0.15) is 0 Å². The maximum atomic E-state index is 12.1. The molecule has 0 aromatic heterocycles. The van der Waals surface area contributed by atoms with Gasteiger partial charge in [0.2, 0.25) is 0 Å². The number of sulfone groups is 1. The van der Waals surface area contributed by atoms with Gasteiger partial charge >= 0.3 is 0 Å². The first-order chi connectivity index (χ1) is 12.4. The number of aliphatic imine (C=N–C) groups is 1. The fourth-order valence-electron chi connectivity index (χ4n) is 2.28. The maximum Gasteiger partial charge on any atom is 0.191 e. The molecule has 6 nitrogen and oxygen atoms in total. The van der Waals surface area contributed by atoms with E-state index in [1.807, 2.05) is 30.3 Å². The molecule has 0 aliphatic heterocycles. The van der Waals surface area contributed by atoms with Gasteiger partial charge in [0, 0.05) is 26.7 Å². The Labute approximate surface area is 181 Å². The largest absolute Gasteiger partial charge is 0.380 e. The molecule has 0 bridgehead atoms.